The number of nitrogens with zero attached hydrogens (tertiary/aromatic N) is 3. The van der Waals surface area contributed by atoms with E-state index in [-0.39, 0.29) is 5.91 Å². The quantitative estimate of drug-likeness (QED) is 0.314. The normalized spacial score (nSPS) is 16.6. The Morgan fingerprint density at radius 1 is 1.10 bits per heavy atom. The Morgan fingerprint density at radius 3 is 2.50 bits per heavy atom. The molecular weight excluding hydrogens is 509 g/mol. The van der Waals surface area contributed by atoms with Gasteiger partial charge in [-0.2, -0.15) is 0 Å². The van der Waals surface area contributed by atoms with E-state index in [4.69, 9.17) is 4.74 Å². The lowest BCUT2D eigenvalue weighted by atomic mass is 10.3. The molecule has 0 atom stereocenters. The SMILES string of the molecule is CCN1C(=O)/C(=C\c2cccn2-c2ccc(I)cc2)SC1=Nc1ccc(OC)cc1. The molecule has 30 heavy (non-hydrogen) atoms. The molecule has 1 aliphatic rings. The lowest BCUT2D eigenvalue weighted by Gasteiger charge is -2.12. The summed E-state index contributed by atoms with van der Waals surface area (Å²) in [5, 5.41) is 0.686. The molecule has 1 saturated heterocycles. The third-order valence-corrected chi connectivity index (χ3v) is 6.39. The Bertz CT molecular complexity index is 1120. The summed E-state index contributed by atoms with van der Waals surface area (Å²) in [6, 6.07) is 19.8. The van der Waals surface area contributed by atoms with Gasteiger partial charge in [0.1, 0.15) is 5.75 Å². The monoisotopic (exact) mass is 529 g/mol. The second-order valence-corrected chi connectivity index (χ2v) is 8.79. The van der Waals surface area contributed by atoms with Crippen molar-refractivity contribution in [1.29, 1.82) is 0 Å². The van der Waals surface area contributed by atoms with Crippen molar-refractivity contribution in [2.75, 3.05) is 13.7 Å². The summed E-state index contributed by atoms with van der Waals surface area (Å²) in [5.41, 5.74) is 2.80. The van der Waals surface area contributed by atoms with Gasteiger partial charge < -0.3 is 9.30 Å². The molecule has 5 nitrogen and oxygen atoms in total. The van der Waals surface area contributed by atoms with Crippen LogP contribution in [-0.2, 0) is 4.79 Å². The molecule has 2 heterocycles. The van der Waals surface area contributed by atoms with Gasteiger partial charge in [0, 0.05) is 27.7 Å². The maximum absolute atomic E-state index is 13.0. The predicted molar refractivity (Wildman–Crippen MR) is 132 cm³/mol. The average molecular weight is 529 g/mol. The number of amidine groups is 1. The van der Waals surface area contributed by atoms with Crippen LogP contribution in [0.1, 0.15) is 12.6 Å². The van der Waals surface area contributed by atoms with Gasteiger partial charge in [0.05, 0.1) is 17.7 Å². The van der Waals surface area contributed by atoms with Gasteiger partial charge in [-0.05, 0) is 108 Å². The van der Waals surface area contributed by atoms with Crippen molar-refractivity contribution in [3.63, 3.8) is 0 Å². The Morgan fingerprint density at radius 2 is 1.83 bits per heavy atom. The van der Waals surface area contributed by atoms with Crippen LogP contribution in [0.5, 0.6) is 5.75 Å². The van der Waals surface area contributed by atoms with Gasteiger partial charge in [0.25, 0.3) is 5.91 Å². The number of amides is 1. The van der Waals surface area contributed by atoms with Crippen molar-refractivity contribution < 1.29 is 9.53 Å². The molecule has 2 aromatic carbocycles. The minimum Gasteiger partial charge on any atom is -0.497 e. The molecule has 1 aliphatic heterocycles. The molecule has 152 valence electrons. The number of methoxy groups -OCH3 is 1. The summed E-state index contributed by atoms with van der Waals surface area (Å²) in [4.78, 5) is 20.0. The first kappa shape index (κ1) is 20.7. The van der Waals surface area contributed by atoms with E-state index in [2.05, 4.69) is 56.4 Å². The molecule has 0 radical (unpaired) electrons. The number of benzene rings is 2. The van der Waals surface area contributed by atoms with Crippen molar-refractivity contribution in [1.82, 2.24) is 9.47 Å². The molecule has 4 rings (SSSR count). The molecule has 7 heteroatoms. The number of carbonyl (C=O) groups excluding carboxylic acids is 1. The van der Waals surface area contributed by atoms with Crippen LogP contribution in [0, 0.1) is 3.57 Å². The lowest BCUT2D eigenvalue weighted by molar-refractivity contribution is -0.122. The van der Waals surface area contributed by atoms with E-state index in [1.807, 2.05) is 55.6 Å². The molecule has 0 unspecified atom stereocenters. The van der Waals surface area contributed by atoms with Crippen molar-refractivity contribution >= 4 is 57.2 Å². The zero-order valence-electron chi connectivity index (χ0n) is 16.6. The van der Waals surface area contributed by atoms with Gasteiger partial charge in [-0.25, -0.2) is 4.99 Å². The lowest BCUT2D eigenvalue weighted by Crippen LogP contribution is -2.28. The summed E-state index contributed by atoms with van der Waals surface area (Å²) in [6.45, 7) is 2.52. The number of hydrogen-bond acceptors (Lipinski definition) is 4. The van der Waals surface area contributed by atoms with Gasteiger partial charge in [-0.3, -0.25) is 9.69 Å². The summed E-state index contributed by atoms with van der Waals surface area (Å²) >= 11 is 3.69. The van der Waals surface area contributed by atoms with Crippen LogP contribution in [0.4, 0.5) is 5.69 Å². The molecule has 3 aromatic rings. The smallest absolute Gasteiger partial charge is 0.266 e. The number of aromatic nitrogens is 1. The number of halogens is 1. The number of aliphatic imine (C=N–C) groups is 1. The molecule has 0 saturated carbocycles. The maximum Gasteiger partial charge on any atom is 0.266 e. The van der Waals surface area contributed by atoms with E-state index in [9.17, 15) is 4.79 Å². The largest absolute Gasteiger partial charge is 0.497 e. The van der Waals surface area contributed by atoms with E-state index in [0.29, 0.717) is 16.6 Å². The van der Waals surface area contributed by atoms with Gasteiger partial charge in [0.2, 0.25) is 0 Å². The van der Waals surface area contributed by atoms with Crippen molar-refractivity contribution in [3.05, 3.63) is 81.0 Å². The van der Waals surface area contributed by atoms with Crippen molar-refractivity contribution in [2.24, 2.45) is 4.99 Å². The van der Waals surface area contributed by atoms with Gasteiger partial charge in [-0.15, -0.1) is 0 Å². The molecule has 0 spiro atoms. The maximum atomic E-state index is 13.0. The third-order valence-electron chi connectivity index (χ3n) is 4.67. The fraction of sp³-hybridized carbons (Fsp3) is 0.130. The fourth-order valence-electron chi connectivity index (χ4n) is 3.12. The summed E-state index contributed by atoms with van der Waals surface area (Å²) in [5.74, 6) is 0.753. The first-order valence-corrected chi connectivity index (χ1v) is 11.4. The number of likely N-dealkylation sites (N-methyl/N-ethyl adjacent to an activating group) is 1. The first-order chi connectivity index (χ1) is 14.6. The number of carbonyl (C=O) groups is 1. The summed E-state index contributed by atoms with van der Waals surface area (Å²) < 4.78 is 8.46. The Labute approximate surface area is 193 Å². The van der Waals surface area contributed by atoms with E-state index >= 15 is 0 Å². The van der Waals surface area contributed by atoms with E-state index in [1.165, 1.54) is 15.3 Å². The number of rotatable bonds is 5. The van der Waals surface area contributed by atoms with Crippen LogP contribution in [0.2, 0.25) is 0 Å². The van der Waals surface area contributed by atoms with Crippen molar-refractivity contribution in [3.8, 4) is 11.4 Å². The molecule has 0 aliphatic carbocycles. The van der Waals surface area contributed by atoms with Crippen LogP contribution < -0.4 is 4.74 Å². The molecule has 0 N–H and O–H groups in total. The minimum absolute atomic E-state index is 0.0230. The Hall–Kier alpha value is -2.52. The zero-order valence-corrected chi connectivity index (χ0v) is 19.6. The van der Waals surface area contributed by atoms with Gasteiger partial charge in [0.15, 0.2) is 5.17 Å². The highest BCUT2D eigenvalue weighted by Crippen LogP contribution is 2.34. The molecular formula is C23H20IN3O2S. The third kappa shape index (κ3) is 4.32. The van der Waals surface area contributed by atoms with Crippen LogP contribution in [0.25, 0.3) is 11.8 Å². The highest BCUT2D eigenvalue weighted by atomic mass is 127. The Kier molecular flexibility index (Phi) is 6.29. The average Bonchev–Trinajstić information content (AvgIpc) is 3.34. The van der Waals surface area contributed by atoms with E-state index in [0.717, 1.165) is 22.8 Å². The van der Waals surface area contributed by atoms with Crippen LogP contribution in [-0.4, -0.2) is 34.2 Å². The van der Waals surface area contributed by atoms with E-state index < -0.39 is 0 Å². The summed E-state index contributed by atoms with van der Waals surface area (Å²) in [6.07, 6.45) is 3.94. The molecule has 0 bridgehead atoms. The first-order valence-electron chi connectivity index (χ1n) is 9.46. The fourth-order valence-corrected chi connectivity index (χ4v) is 4.53. The second-order valence-electron chi connectivity index (χ2n) is 6.53. The standard InChI is InChI=1S/C23H20IN3O2S/c1-3-26-22(28)21(30-23(26)25-17-8-12-20(29-2)13-9-17)15-19-5-4-14-27(19)18-10-6-16(24)7-11-18/h4-15H,3H2,1-2H3/b21-15+,25-23?. The molecule has 1 amide bonds. The van der Waals surface area contributed by atoms with Crippen molar-refractivity contribution in [2.45, 2.75) is 6.92 Å². The van der Waals surface area contributed by atoms with Gasteiger partial charge >= 0.3 is 0 Å². The number of thioether (sulfide) groups is 1. The number of hydrogen-bond donors (Lipinski definition) is 0. The highest BCUT2D eigenvalue weighted by Gasteiger charge is 2.32. The highest BCUT2D eigenvalue weighted by molar-refractivity contribution is 14.1. The number of ether oxygens (including phenoxy) is 1. The van der Waals surface area contributed by atoms with Crippen LogP contribution in [0.3, 0.4) is 0 Å². The Balaban J connectivity index is 1.65. The molecule has 1 aromatic heterocycles. The predicted octanol–water partition coefficient (Wildman–Crippen LogP) is 5.71. The minimum atomic E-state index is -0.0230. The summed E-state index contributed by atoms with van der Waals surface area (Å²) in [7, 11) is 1.63. The second kappa shape index (κ2) is 9.09. The topological polar surface area (TPSA) is 46.8 Å². The molecule has 1 fully saturated rings. The van der Waals surface area contributed by atoms with Crippen LogP contribution in [0.15, 0.2) is 76.8 Å². The van der Waals surface area contributed by atoms with Crippen LogP contribution >= 0.6 is 34.4 Å². The van der Waals surface area contributed by atoms with E-state index in [1.54, 1.807) is 12.0 Å². The van der Waals surface area contributed by atoms with Gasteiger partial charge in [-0.1, -0.05) is 0 Å². The zero-order chi connectivity index (χ0) is 21.1.